The Hall–Kier alpha value is -1.26. The van der Waals surface area contributed by atoms with Gasteiger partial charge in [-0.3, -0.25) is 4.68 Å². The number of nitrogens with zero attached hydrogens (tertiary/aromatic N) is 2. The second-order valence-corrected chi connectivity index (χ2v) is 5.62. The Morgan fingerprint density at radius 3 is 2.74 bits per heavy atom. The first kappa shape index (κ1) is 14.2. The van der Waals surface area contributed by atoms with Gasteiger partial charge in [0.2, 0.25) is 0 Å². The molecular weight excluding hydrogens is 254 g/mol. The van der Waals surface area contributed by atoms with Gasteiger partial charge in [-0.05, 0) is 24.6 Å². The lowest BCUT2D eigenvalue weighted by molar-refractivity contribution is 0.530. The molecule has 1 aromatic heterocycles. The normalized spacial score (nSPS) is 12.6. The van der Waals surface area contributed by atoms with E-state index in [0.717, 1.165) is 13.0 Å². The number of aryl methyl sites for hydroxylation is 1. The standard InChI is InChI=1S/C15H21N3S/c1-4-14(16-5-2)13-8-6-7-9-15(13)19-12-10-17-18(3)11-12/h6-11,14,16H,4-5H2,1-3H3. The van der Waals surface area contributed by atoms with Crippen LogP contribution in [0.15, 0.2) is 46.5 Å². The molecule has 0 saturated heterocycles. The molecule has 0 aliphatic carbocycles. The van der Waals surface area contributed by atoms with Crippen LogP contribution in [0.2, 0.25) is 0 Å². The van der Waals surface area contributed by atoms with Crippen molar-refractivity contribution in [3.8, 4) is 0 Å². The molecule has 1 heterocycles. The highest BCUT2D eigenvalue weighted by atomic mass is 32.2. The Balaban J connectivity index is 2.24. The number of benzene rings is 1. The summed E-state index contributed by atoms with van der Waals surface area (Å²) in [4.78, 5) is 2.49. The van der Waals surface area contributed by atoms with Gasteiger partial charge >= 0.3 is 0 Å². The van der Waals surface area contributed by atoms with Crippen molar-refractivity contribution in [3.05, 3.63) is 42.2 Å². The Morgan fingerprint density at radius 1 is 1.32 bits per heavy atom. The molecule has 19 heavy (non-hydrogen) atoms. The van der Waals surface area contributed by atoms with Crippen LogP contribution in [0.5, 0.6) is 0 Å². The fourth-order valence-electron chi connectivity index (χ4n) is 2.16. The van der Waals surface area contributed by atoms with Crippen molar-refractivity contribution in [1.29, 1.82) is 0 Å². The van der Waals surface area contributed by atoms with E-state index < -0.39 is 0 Å². The fraction of sp³-hybridized carbons (Fsp3) is 0.400. The van der Waals surface area contributed by atoms with E-state index in [1.165, 1.54) is 15.4 Å². The maximum atomic E-state index is 4.22. The van der Waals surface area contributed by atoms with Gasteiger partial charge in [0, 0.05) is 24.2 Å². The Kier molecular flexibility index (Phi) is 5.05. The van der Waals surface area contributed by atoms with Crippen molar-refractivity contribution >= 4 is 11.8 Å². The van der Waals surface area contributed by atoms with Crippen LogP contribution in [0.25, 0.3) is 0 Å². The third-order valence-corrected chi connectivity index (χ3v) is 4.10. The van der Waals surface area contributed by atoms with Gasteiger partial charge in [-0.2, -0.15) is 5.10 Å². The van der Waals surface area contributed by atoms with E-state index >= 15 is 0 Å². The third-order valence-electron chi connectivity index (χ3n) is 3.06. The number of aromatic nitrogens is 2. The van der Waals surface area contributed by atoms with Crippen LogP contribution in [-0.4, -0.2) is 16.3 Å². The topological polar surface area (TPSA) is 29.9 Å². The maximum absolute atomic E-state index is 4.22. The molecule has 0 amide bonds. The van der Waals surface area contributed by atoms with Crippen LogP contribution >= 0.6 is 11.8 Å². The molecule has 1 atom stereocenters. The van der Waals surface area contributed by atoms with Gasteiger partial charge in [-0.1, -0.05) is 43.8 Å². The minimum atomic E-state index is 0.422. The summed E-state index contributed by atoms with van der Waals surface area (Å²) in [6, 6.07) is 9.04. The fourth-order valence-corrected chi connectivity index (χ4v) is 3.19. The van der Waals surface area contributed by atoms with Crippen LogP contribution in [0, 0.1) is 0 Å². The zero-order valence-corrected chi connectivity index (χ0v) is 12.6. The predicted molar refractivity (Wildman–Crippen MR) is 80.5 cm³/mol. The minimum Gasteiger partial charge on any atom is -0.310 e. The van der Waals surface area contributed by atoms with Crippen LogP contribution in [-0.2, 0) is 7.05 Å². The monoisotopic (exact) mass is 275 g/mol. The molecule has 0 radical (unpaired) electrons. The zero-order valence-electron chi connectivity index (χ0n) is 11.8. The second-order valence-electron chi connectivity index (χ2n) is 4.51. The second kappa shape index (κ2) is 6.78. The molecule has 0 spiro atoms. The van der Waals surface area contributed by atoms with Gasteiger partial charge in [0.15, 0.2) is 0 Å². The smallest absolute Gasteiger partial charge is 0.0629 e. The largest absolute Gasteiger partial charge is 0.310 e. The summed E-state index contributed by atoms with van der Waals surface area (Å²) in [7, 11) is 1.95. The molecule has 0 aliphatic heterocycles. The molecule has 1 aromatic carbocycles. The van der Waals surface area contributed by atoms with Crippen molar-refractivity contribution in [1.82, 2.24) is 15.1 Å². The van der Waals surface area contributed by atoms with Crippen molar-refractivity contribution in [2.24, 2.45) is 7.05 Å². The molecule has 0 saturated carbocycles. The summed E-state index contributed by atoms with van der Waals surface area (Å²) in [5.74, 6) is 0. The van der Waals surface area contributed by atoms with E-state index in [0.29, 0.717) is 6.04 Å². The average molecular weight is 275 g/mol. The van der Waals surface area contributed by atoms with Gasteiger partial charge in [0.05, 0.1) is 11.1 Å². The summed E-state index contributed by atoms with van der Waals surface area (Å²) in [5.41, 5.74) is 1.38. The van der Waals surface area contributed by atoms with Crippen molar-refractivity contribution < 1.29 is 0 Å². The summed E-state index contributed by atoms with van der Waals surface area (Å²) in [6.07, 6.45) is 5.06. The highest BCUT2D eigenvalue weighted by Crippen LogP contribution is 2.33. The summed E-state index contributed by atoms with van der Waals surface area (Å²) >= 11 is 1.78. The number of rotatable bonds is 6. The Bertz CT molecular complexity index is 522. The van der Waals surface area contributed by atoms with Gasteiger partial charge < -0.3 is 5.32 Å². The van der Waals surface area contributed by atoms with E-state index in [2.05, 4.69) is 54.7 Å². The molecule has 0 aliphatic rings. The molecule has 4 heteroatoms. The van der Waals surface area contributed by atoms with Crippen molar-refractivity contribution in [3.63, 3.8) is 0 Å². The lowest BCUT2D eigenvalue weighted by atomic mass is 10.0. The lowest BCUT2D eigenvalue weighted by Crippen LogP contribution is -2.20. The van der Waals surface area contributed by atoms with E-state index in [4.69, 9.17) is 0 Å². The van der Waals surface area contributed by atoms with Crippen molar-refractivity contribution in [2.75, 3.05) is 6.54 Å². The first-order chi connectivity index (χ1) is 9.24. The van der Waals surface area contributed by atoms with Gasteiger partial charge in [-0.15, -0.1) is 0 Å². The van der Waals surface area contributed by atoms with Crippen LogP contribution < -0.4 is 5.32 Å². The third kappa shape index (κ3) is 3.61. The molecular formula is C15H21N3S. The van der Waals surface area contributed by atoms with Crippen LogP contribution in [0.3, 0.4) is 0 Å². The van der Waals surface area contributed by atoms with Crippen LogP contribution in [0.1, 0.15) is 31.9 Å². The number of nitrogens with one attached hydrogen (secondary N) is 1. The molecule has 2 rings (SSSR count). The van der Waals surface area contributed by atoms with Gasteiger partial charge in [0.25, 0.3) is 0 Å². The predicted octanol–water partition coefficient (Wildman–Crippen LogP) is 3.63. The summed E-state index contributed by atoms with van der Waals surface area (Å²) < 4.78 is 1.84. The van der Waals surface area contributed by atoms with E-state index in [1.807, 2.05) is 17.9 Å². The van der Waals surface area contributed by atoms with Gasteiger partial charge in [0.1, 0.15) is 0 Å². The highest BCUT2D eigenvalue weighted by molar-refractivity contribution is 7.99. The Labute approximate surface area is 119 Å². The highest BCUT2D eigenvalue weighted by Gasteiger charge is 2.13. The van der Waals surface area contributed by atoms with E-state index in [1.54, 1.807) is 11.8 Å². The molecule has 2 aromatic rings. The first-order valence-electron chi connectivity index (χ1n) is 6.73. The van der Waals surface area contributed by atoms with Gasteiger partial charge in [-0.25, -0.2) is 0 Å². The molecule has 3 nitrogen and oxygen atoms in total. The zero-order chi connectivity index (χ0) is 13.7. The van der Waals surface area contributed by atoms with E-state index in [-0.39, 0.29) is 0 Å². The molecule has 102 valence electrons. The van der Waals surface area contributed by atoms with Crippen molar-refractivity contribution in [2.45, 2.75) is 36.1 Å². The maximum Gasteiger partial charge on any atom is 0.0629 e. The summed E-state index contributed by atoms with van der Waals surface area (Å²) in [6.45, 7) is 5.36. The quantitative estimate of drug-likeness (QED) is 0.873. The first-order valence-corrected chi connectivity index (χ1v) is 7.55. The molecule has 1 unspecified atom stereocenters. The summed E-state index contributed by atoms with van der Waals surface area (Å²) in [5, 5.41) is 7.77. The lowest BCUT2D eigenvalue weighted by Gasteiger charge is -2.19. The number of hydrogen-bond donors (Lipinski definition) is 1. The number of hydrogen-bond acceptors (Lipinski definition) is 3. The minimum absolute atomic E-state index is 0.422. The molecule has 1 N–H and O–H groups in total. The molecule has 0 bridgehead atoms. The average Bonchev–Trinajstić information content (AvgIpc) is 2.82. The van der Waals surface area contributed by atoms with Crippen LogP contribution in [0.4, 0.5) is 0 Å². The van der Waals surface area contributed by atoms with E-state index in [9.17, 15) is 0 Å². The Morgan fingerprint density at radius 2 is 2.11 bits per heavy atom. The molecule has 0 fully saturated rings. The SMILES string of the molecule is CCNC(CC)c1ccccc1Sc1cnn(C)c1.